The first-order valence-corrected chi connectivity index (χ1v) is 8.73. The van der Waals surface area contributed by atoms with Crippen molar-refractivity contribution in [1.82, 2.24) is 9.80 Å². The fourth-order valence-electron chi connectivity index (χ4n) is 3.32. The summed E-state index contributed by atoms with van der Waals surface area (Å²) >= 11 is 0. The molecule has 4 heteroatoms. The molecule has 23 heavy (non-hydrogen) atoms. The van der Waals surface area contributed by atoms with Crippen molar-refractivity contribution in [3.8, 4) is 5.75 Å². The molecule has 1 aliphatic rings. The monoisotopic (exact) mass is 318 g/mol. The van der Waals surface area contributed by atoms with Gasteiger partial charge < -0.3 is 9.64 Å². The molecule has 1 aliphatic heterocycles. The summed E-state index contributed by atoms with van der Waals surface area (Å²) in [4.78, 5) is 16.9. The molecule has 0 atom stereocenters. The van der Waals surface area contributed by atoms with Crippen LogP contribution in [-0.4, -0.2) is 49.0 Å². The maximum Gasteiger partial charge on any atom is 0.225 e. The van der Waals surface area contributed by atoms with E-state index in [2.05, 4.69) is 37.8 Å². The van der Waals surface area contributed by atoms with Crippen LogP contribution in [0.4, 0.5) is 0 Å². The minimum Gasteiger partial charge on any atom is -0.496 e. The molecular formula is C19H30N2O2. The van der Waals surface area contributed by atoms with E-state index >= 15 is 0 Å². The van der Waals surface area contributed by atoms with Gasteiger partial charge in [-0.05, 0) is 37.0 Å². The lowest BCUT2D eigenvalue weighted by Gasteiger charge is -2.36. The molecule has 0 bridgehead atoms. The quantitative estimate of drug-likeness (QED) is 0.808. The number of nitrogens with zero attached hydrogens (tertiary/aromatic N) is 2. The summed E-state index contributed by atoms with van der Waals surface area (Å²) in [5.74, 6) is 1.48. The van der Waals surface area contributed by atoms with E-state index in [1.165, 1.54) is 11.1 Å². The molecule has 0 spiro atoms. The number of benzene rings is 1. The molecule has 0 unspecified atom stereocenters. The van der Waals surface area contributed by atoms with Crippen molar-refractivity contribution in [3.05, 3.63) is 29.3 Å². The molecule has 1 aromatic carbocycles. The van der Waals surface area contributed by atoms with Gasteiger partial charge in [0.05, 0.1) is 7.11 Å². The Labute approximate surface area is 140 Å². The number of carbonyl (C=O) groups excluding carboxylic acids is 1. The van der Waals surface area contributed by atoms with Crippen LogP contribution in [0.2, 0.25) is 0 Å². The molecular weight excluding hydrogens is 288 g/mol. The first kappa shape index (κ1) is 17.8. The van der Waals surface area contributed by atoms with Gasteiger partial charge in [-0.15, -0.1) is 0 Å². The summed E-state index contributed by atoms with van der Waals surface area (Å²) in [6.45, 7) is 10.8. The summed E-state index contributed by atoms with van der Waals surface area (Å²) in [5.41, 5.74) is 2.48. The van der Waals surface area contributed by atoms with Crippen molar-refractivity contribution in [2.75, 3.05) is 33.3 Å². The van der Waals surface area contributed by atoms with Crippen LogP contribution in [0, 0.1) is 12.8 Å². The minimum atomic E-state index is 0.200. The number of methoxy groups -OCH3 is 1. The minimum absolute atomic E-state index is 0.200. The van der Waals surface area contributed by atoms with Crippen LogP contribution in [0.1, 0.15) is 37.8 Å². The number of carbonyl (C=O) groups is 1. The number of rotatable bonds is 6. The third-order valence-corrected chi connectivity index (χ3v) is 4.88. The van der Waals surface area contributed by atoms with E-state index in [0.717, 1.165) is 51.3 Å². The van der Waals surface area contributed by atoms with Crippen LogP contribution in [0.5, 0.6) is 5.75 Å². The van der Waals surface area contributed by atoms with Crippen LogP contribution in [0.25, 0.3) is 0 Å². The normalized spacial score (nSPS) is 16.0. The Balaban J connectivity index is 1.87. The smallest absolute Gasteiger partial charge is 0.225 e. The third kappa shape index (κ3) is 4.47. The first-order chi connectivity index (χ1) is 11.1. The standard InChI is InChI=1S/C19H30N2O2/c1-5-17(6-2)19(22)21-11-9-20(10-12-21)14-16-7-8-18(23-4)15(3)13-16/h7-8,13,17H,5-6,9-12,14H2,1-4H3. The average Bonchev–Trinajstić information content (AvgIpc) is 2.57. The maximum absolute atomic E-state index is 12.4. The van der Waals surface area contributed by atoms with Gasteiger partial charge in [0.1, 0.15) is 5.75 Å². The number of hydrogen-bond acceptors (Lipinski definition) is 3. The van der Waals surface area contributed by atoms with E-state index in [4.69, 9.17) is 4.74 Å². The van der Waals surface area contributed by atoms with Gasteiger partial charge in [0.25, 0.3) is 0 Å². The molecule has 0 aliphatic carbocycles. The van der Waals surface area contributed by atoms with Gasteiger partial charge in [-0.3, -0.25) is 9.69 Å². The van der Waals surface area contributed by atoms with Gasteiger partial charge in [-0.2, -0.15) is 0 Å². The zero-order valence-corrected chi connectivity index (χ0v) is 15.0. The van der Waals surface area contributed by atoms with E-state index in [1.54, 1.807) is 7.11 Å². The fourth-order valence-corrected chi connectivity index (χ4v) is 3.32. The Morgan fingerprint density at radius 2 is 1.83 bits per heavy atom. The molecule has 0 aromatic heterocycles. The van der Waals surface area contributed by atoms with Gasteiger partial charge in [-0.1, -0.05) is 26.0 Å². The van der Waals surface area contributed by atoms with Crippen molar-refractivity contribution in [1.29, 1.82) is 0 Å². The second-order valence-corrected chi connectivity index (χ2v) is 6.42. The van der Waals surface area contributed by atoms with Gasteiger partial charge >= 0.3 is 0 Å². The summed E-state index contributed by atoms with van der Waals surface area (Å²) in [7, 11) is 1.71. The zero-order valence-electron chi connectivity index (χ0n) is 15.0. The summed E-state index contributed by atoms with van der Waals surface area (Å²) < 4.78 is 5.32. The Morgan fingerprint density at radius 3 is 2.35 bits per heavy atom. The Hall–Kier alpha value is -1.55. The van der Waals surface area contributed by atoms with Gasteiger partial charge in [0.2, 0.25) is 5.91 Å². The fraction of sp³-hybridized carbons (Fsp3) is 0.632. The second-order valence-electron chi connectivity index (χ2n) is 6.42. The van der Waals surface area contributed by atoms with Gasteiger partial charge in [0.15, 0.2) is 0 Å². The molecule has 0 N–H and O–H groups in total. The van der Waals surface area contributed by atoms with Crippen LogP contribution in [0.15, 0.2) is 18.2 Å². The number of ether oxygens (including phenoxy) is 1. The molecule has 4 nitrogen and oxygen atoms in total. The highest BCUT2D eigenvalue weighted by Gasteiger charge is 2.25. The van der Waals surface area contributed by atoms with Crippen molar-refractivity contribution < 1.29 is 9.53 Å². The van der Waals surface area contributed by atoms with Gasteiger partial charge in [-0.25, -0.2) is 0 Å². The Morgan fingerprint density at radius 1 is 1.17 bits per heavy atom. The lowest BCUT2D eigenvalue weighted by Crippen LogP contribution is -2.49. The molecule has 1 heterocycles. The molecule has 0 saturated carbocycles. The Bertz CT molecular complexity index is 518. The second kappa shape index (κ2) is 8.34. The van der Waals surface area contributed by atoms with Crippen LogP contribution in [-0.2, 0) is 11.3 Å². The van der Waals surface area contributed by atoms with Crippen molar-refractivity contribution in [2.45, 2.75) is 40.2 Å². The molecule has 0 radical (unpaired) electrons. The van der Waals surface area contributed by atoms with E-state index in [-0.39, 0.29) is 5.92 Å². The lowest BCUT2D eigenvalue weighted by atomic mass is 10.0. The average molecular weight is 318 g/mol. The summed E-state index contributed by atoms with van der Waals surface area (Å²) in [6.07, 6.45) is 1.89. The topological polar surface area (TPSA) is 32.8 Å². The molecule has 1 saturated heterocycles. The number of piperazine rings is 1. The number of amides is 1. The highest BCUT2D eigenvalue weighted by atomic mass is 16.5. The number of aryl methyl sites for hydroxylation is 1. The highest BCUT2D eigenvalue weighted by molar-refractivity contribution is 5.78. The highest BCUT2D eigenvalue weighted by Crippen LogP contribution is 2.20. The van der Waals surface area contributed by atoms with Crippen LogP contribution in [0.3, 0.4) is 0 Å². The third-order valence-electron chi connectivity index (χ3n) is 4.88. The maximum atomic E-state index is 12.4. The van der Waals surface area contributed by atoms with E-state index < -0.39 is 0 Å². The van der Waals surface area contributed by atoms with Crippen molar-refractivity contribution in [2.24, 2.45) is 5.92 Å². The zero-order chi connectivity index (χ0) is 16.8. The Kier molecular flexibility index (Phi) is 6.46. The van der Waals surface area contributed by atoms with Crippen molar-refractivity contribution in [3.63, 3.8) is 0 Å². The van der Waals surface area contributed by atoms with E-state index in [0.29, 0.717) is 5.91 Å². The lowest BCUT2D eigenvalue weighted by molar-refractivity contribution is -0.137. The molecule has 1 fully saturated rings. The summed E-state index contributed by atoms with van der Waals surface area (Å²) in [5, 5.41) is 0. The van der Waals surface area contributed by atoms with Crippen LogP contribution >= 0.6 is 0 Å². The predicted molar refractivity (Wildman–Crippen MR) is 93.7 cm³/mol. The first-order valence-electron chi connectivity index (χ1n) is 8.73. The molecule has 1 amide bonds. The molecule has 2 rings (SSSR count). The van der Waals surface area contributed by atoms with Crippen molar-refractivity contribution >= 4 is 5.91 Å². The van der Waals surface area contributed by atoms with E-state index in [9.17, 15) is 4.79 Å². The molecule has 128 valence electrons. The van der Waals surface area contributed by atoms with E-state index in [1.807, 2.05) is 11.0 Å². The predicted octanol–water partition coefficient (Wildman–Crippen LogP) is 3.08. The number of hydrogen-bond donors (Lipinski definition) is 0. The SMILES string of the molecule is CCC(CC)C(=O)N1CCN(Cc2ccc(OC)c(C)c2)CC1. The largest absolute Gasteiger partial charge is 0.496 e. The summed E-state index contributed by atoms with van der Waals surface area (Å²) in [6, 6.07) is 6.37. The van der Waals surface area contributed by atoms with Crippen LogP contribution < -0.4 is 4.74 Å². The molecule has 1 aromatic rings. The van der Waals surface area contributed by atoms with Gasteiger partial charge in [0, 0.05) is 38.6 Å².